The number of aromatic nitrogens is 2. The number of hydrogen-bond acceptors (Lipinski definition) is 5. The third kappa shape index (κ3) is 1.74. The van der Waals surface area contributed by atoms with Gasteiger partial charge < -0.3 is 10.5 Å². The van der Waals surface area contributed by atoms with Gasteiger partial charge in [-0.3, -0.25) is 4.90 Å². The van der Waals surface area contributed by atoms with Crippen molar-refractivity contribution in [2.24, 2.45) is 0 Å². The Morgan fingerprint density at radius 2 is 2.07 bits per heavy atom. The molecule has 1 aromatic heterocycles. The summed E-state index contributed by atoms with van der Waals surface area (Å²) in [4.78, 5) is 10.6. The molecule has 0 bridgehead atoms. The normalized spacial score (nSPS) is 15.7. The van der Waals surface area contributed by atoms with Crippen molar-refractivity contribution in [3.05, 3.63) is 11.3 Å². The summed E-state index contributed by atoms with van der Waals surface area (Å²) >= 11 is 0. The number of fused-ring (bicyclic) bond motifs is 1. The average Bonchev–Trinajstić information content (AvgIpc) is 2.59. The van der Waals surface area contributed by atoms with E-state index in [1.165, 1.54) is 0 Å². The average molecular weight is 208 g/mol. The van der Waals surface area contributed by atoms with Gasteiger partial charge in [0.25, 0.3) is 0 Å². The third-order valence-corrected chi connectivity index (χ3v) is 2.71. The molecule has 82 valence electrons. The molecule has 0 radical (unpaired) electrons. The van der Waals surface area contributed by atoms with Gasteiger partial charge in [-0.1, -0.05) is 0 Å². The molecule has 5 heteroatoms. The van der Waals surface area contributed by atoms with E-state index in [0.29, 0.717) is 11.9 Å². The molecule has 1 aromatic rings. The van der Waals surface area contributed by atoms with Crippen molar-refractivity contribution in [1.82, 2.24) is 14.9 Å². The lowest BCUT2D eigenvalue weighted by Gasteiger charge is -2.18. The highest BCUT2D eigenvalue weighted by Crippen LogP contribution is 2.29. The molecule has 2 N–H and O–H groups in total. The van der Waals surface area contributed by atoms with Gasteiger partial charge in [0.05, 0.1) is 18.4 Å². The van der Waals surface area contributed by atoms with Gasteiger partial charge in [-0.2, -0.15) is 4.98 Å². The van der Waals surface area contributed by atoms with E-state index in [1.807, 2.05) is 0 Å². The highest BCUT2D eigenvalue weighted by molar-refractivity contribution is 5.38. The maximum atomic E-state index is 5.61. The van der Waals surface area contributed by atoms with Crippen molar-refractivity contribution < 1.29 is 4.74 Å². The maximum absolute atomic E-state index is 5.61. The molecule has 5 nitrogen and oxygen atoms in total. The Kier molecular flexibility index (Phi) is 2.48. The van der Waals surface area contributed by atoms with Crippen LogP contribution in [0.3, 0.4) is 0 Å². The van der Waals surface area contributed by atoms with Crippen molar-refractivity contribution in [2.75, 3.05) is 12.8 Å². The minimum Gasteiger partial charge on any atom is -0.481 e. The zero-order chi connectivity index (χ0) is 11.0. The standard InChI is InChI=1S/C10H16N4O/c1-6(2)14-4-7-8(5-14)12-10(11)13-9(7)15-3/h6H,4-5H2,1-3H3,(H2,11,12,13). The summed E-state index contributed by atoms with van der Waals surface area (Å²) in [5, 5.41) is 0. The topological polar surface area (TPSA) is 64.3 Å². The van der Waals surface area contributed by atoms with Gasteiger partial charge in [-0.15, -0.1) is 0 Å². The lowest BCUT2D eigenvalue weighted by molar-refractivity contribution is 0.224. The second kappa shape index (κ2) is 3.66. The summed E-state index contributed by atoms with van der Waals surface area (Å²) in [6.07, 6.45) is 0. The van der Waals surface area contributed by atoms with Gasteiger partial charge in [-0.25, -0.2) is 4.98 Å². The molecule has 0 amide bonds. The Morgan fingerprint density at radius 3 is 2.67 bits per heavy atom. The van der Waals surface area contributed by atoms with Crippen LogP contribution in [-0.2, 0) is 13.1 Å². The van der Waals surface area contributed by atoms with Crippen LogP contribution >= 0.6 is 0 Å². The van der Waals surface area contributed by atoms with Crippen LogP contribution in [0, 0.1) is 0 Å². The number of anilines is 1. The van der Waals surface area contributed by atoms with Crippen LogP contribution in [0.5, 0.6) is 5.88 Å². The highest BCUT2D eigenvalue weighted by atomic mass is 16.5. The second-order valence-electron chi connectivity index (χ2n) is 4.02. The van der Waals surface area contributed by atoms with Crippen molar-refractivity contribution in [2.45, 2.75) is 33.0 Å². The highest BCUT2D eigenvalue weighted by Gasteiger charge is 2.26. The van der Waals surface area contributed by atoms with Crippen molar-refractivity contribution in [1.29, 1.82) is 0 Å². The molecule has 0 fully saturated rings. The first-order valence-corrected chi connectivity index (χ1v) is 5.05. The van der Waals surface area contributed by atoms with E-state index in [-0.39, 0.29) is 5.95 Å². The SMILES string of the molecule is COc1nc(N)nc2c1CN(C(C)C)C2. The summed E-state index contributed by atoms with van der Waals surface area (Å²) in [7, 11) is 1.61. The molecule has 2 heterocycles. The monoisotopic (exact) mass is 208 g/mol. The molecule has 0 unspecified atom stereocenters. The molecular weight excluding hydrogens is 192 g/mol. The van der Waals surface area contributed by atoms with Crippen molar-refractivity contribution in [3.8, 4) is 5.88 Å². The van der Waals surface area contributed by atoms with Gasteiger partial charge in [0.15, 0.2) is 0 Å². The van der Waals surface area contributed by atoms with Gasteiger partial charge in [0, 0.05) is 19.1 Å². The second-order valence-corrected chi connectivity index (χ2v) is 4.02. The Bertz CT molecular complexity index is 378. The molecule has 0 aromatic carbocycles. The number of nitrogen functional groups attached to an aromatic ring is 1. The molecule has 0 atom stereocenters. The van der Waals surface area contributed by atoms with E-state index in [2.05, 4.69) is 28.7 Å². The smallest absolute Gasteiger partial charge is 0.223 e. The fraction of sp³-hybridized carbons (Fsp3) is 0.600. The number of methoxy groups -OCH3 is 1. The molecule has 1 aliphatic heterocycles. The van der Waals surface area contributed by atoms with Gasteiger partial charge in [-0.05, 0) is 13.8 Å². The largest absolute Gasteiger partial charge is 0.481 e. The molecule has 0 aliphatic carbocycles. The van der Waals surface area contributed by atoms with Gasteiger partial charge >= 0.3 is 0 Å². The minimum atomic E-state index is 0.288. The van der Waals surface area contributed by atoms with Gasteiger partial charge in [0.1, 0.15) is 0 Å². The summed E-state index contributed by atoms with van der Waals surface area (Å²) in [5.41, 5.74) is 7.67. The minimum absolute atomic E-state index is 0.288. The number of nitrogens with zero attached hydrogens (tertiary/aromatic N) is 3. The number of nitrogens with two attached hydrogens (primary N) is 1. The fourth-order valence-corrected chi connectivity index (χ4v) is 1.80. The predicted octanol–water partition coefficient (Wildman–Crippen LogP) is 0.791. The first-order chi connectivity index (χ1) is 7.11. The molecule has 0 saturated carbocycles. The fourth-order valence-electron chi connectivity index (χ4n) is 1.80. The van der Waals surface area contributed by atoms with Crippen LogP contribution in [0.1, 0.15) is 25.1 Å². The van der Waals surface area contributed by atoms with Crippen LogP contribution in [0.4, 0.5) is 5.95 Å². The predicted molar refractivity (Wildman–Crippen MR) is 57.4 cm³/mol. The van der Waals surface area contributed by atoms with Crippen molar-refractivity contribution >= 4 is 5.95 Å². The number of hydrogen-bond donors (Lipinski definition) is 1. The molecule has 0 saturated heterocycles. The molecular formula is C10H16N4O. The number of rotatable bonds is 2. The first kappa shape index (κ1) is 10.2. The lowest BCUT2D eigenvalue weighted by Crippen LogP contribution is -2.24. The van der Waals surface area contributed by atoms with Crippen LogP contribution in [0.25, 0.3) is 0 Å². The van der Waals surface area contributed by atoms with Crippen LogP contribution in [-0.4, -0.2) is 28.0 Å². The van der Waals surface area contributed by atoms with E-state index in [0.717, 1.165) is 24.3 Å². The molecule has 0 spiro atoms. The summed E-state index contributed by atoms with van der Waals surface area (Å²) < 4.78 is 5.21. The quantitative estimate of drug-likeness (QED) is 0.778. The Balaban J connectivity index is 2.36. The van der Waals surface area contributed by atoms with E-state index in [9.17, 15) is 0 Å². The van der Waals surface area contributed by atoms with Gasteiger partial charge in [0.2, 0.25) is 11.8 Å². The van der Waals surface area contributed by atoms with Crippen LogP contribution in [0.2, 0.25) is 0 Å². The lowest BCUT2D eigenvalue weighted by atomic mass is 10.2. The molecule has 2 rings (SSSR count). The summed E-state index contributed by atoms with van der Waals surface area (Å²) in [6, 6.07) is 0.491. The third-order valence-electron chi connectivity index (χ3n) is 2.71. The van der Waals surface area contributed by atoms with E-state index >= 15 is 0 Å². The Labute approximate surface area is 89.3 Å². The van der Waals surface area contributed by atoms with Crippen molar-refractivity contribution in [3.63, 3.8) is 0 Å². The summed E-state index contributed by atoms with van der Waals surface area (Å²) in [5.74, 6) is 0.900. The maximum Gasteiger partial charge on any atom is 0.223 e. The Morgan fingerprint density at radius 1 is 1.33 bits per heavy atom. The van der Waals surface area contributed by atoms with E-state index < -0.39 is 0 Å². The van der Waals surface area contributed by atoms with Crippen LogP contribution in [0.15, 0.2) is 0 Å². The van der Waals surface area contributed by atoms with E-state index in [1.54, 1.807) is 7.11 Å². The number of ether oxygens (including phenoxy) is 1. The zero-order valence-corrected chi connectivity index (χ0v) is 9.32. The Hall–Kier alpha value is -1.36. The molecule has 1 aliphatic rings. The first-order valence-electron chi connectivity index (χ1n) is 5.05. The summed E-state index contributed by atoms with van der Waals surface area (Å²) in [6.45, 7) is 6.00. The van der Waals surface area contributed by atoms with Crippen LogP contribution < -0.4 is 10.5 Å². The molecule has 15 heavy (non-hydrogen) atoms. The zero-order valence-electron chi connectivity index (χ0n) is 9.32. The van der Waals surface area contributed by atoms with E-state index in [4.69, 9.17) is 10.5 Å².